The summed E-state index contributed by atoms with van der Waals surface area (Å²) in [5.41, 5.74) is 9.67. The number of aryl methyl sites for hydroxylation is 3. The van der Waals surface area contributed by atoms with Crippen LogP contribution in [0.2, 0.25) is 0 Å². The highest BCUT2D eigenvalue weighted by Gasteiger charge is 2.15. The van der Waals surface area contributed by atoms with Gasteiger partial charge < -0.3 is 5.73 Å². The third-order valence-corrected chi connectivity index (χ3v) is 3.09. The van der Waals surface area contributed by atoms with Gasteiger partial charge in [0.25, 0.3) is 0 Å². The van der Waals surface area contributed by atoms with Gasteiger partial charge in [0.2, 0.25) is 0 Å². The molecular formula is C14H18FN3. The molecule has 0 saturated heterocycles. The Bertz CT molecular complexity index is 560. The number of benzene rings is 1. The molecule has 1 aromatic heterocycles. The Kier molecular flexibility index (Phi) is 3.48. The molecule has 3 nitrogen and oxygen atoms in total. The van der Waals surface area contributed by atoms with Gasteiger partial charge >= 0.3 is 0 Å². The average molecular weight is 247 g/mol. The van der Waals surface area contributed by atoms with Crippen molar-refractivity contribution in [3.63, 3.8) is 0 Å². The third kappa shape index (κ3) is 2.29. The maximum atomic E-state index is 13.3. The van der Waals surface area contributed by atoms with E-state index in [0.29, 0.717) is 5.56 Å². The molecule has 2 aromatic rings. The number of nitrogens with two attached hydrogens (primary N) is 1. The van der Waals surface area contributed by atoms with E-state index in [1.165, 1.54) is 6.07 Å². The highest BCUT2D eigenvalue weighted by Crippen LogP contribution is 2.22. The fraction of sp³-hybridized carbons (Fsp3) is 0.357. The Morgan fingerprint density at radius 1 is 1.33 bits per heavy atom. The molecule has 1 aromatic carbocycles. The first kappa shape index (κ1) is 12.8. The first-order valence-corrected chi connectivity index (χ1v) is 6.09. The third-order valence-electron chi connectivity index (χ3n) is 3.09. The molecule has 1 unspecified atom stereocenters. The number of rotatable bonds is 3. The van der Waals surface area contributed by atoms with E-state index in [0.717, 1.165) is 23.5 Å². The van der Waals surface area contributed by atoms with E-state index in [-0.39, 0.29) is 11.9 Å². The van der Waals surface area contributed by atoms with Crippen LogP contribution in [-0.2, 0) is 6.54 Å². The van der Waals surface area contributed by atoms with E-state index in [1.54, 1.807) is 19.1 Å². The molecule has 18 heavy (non-hydrogen) atoms. The highest BCUT2D eigenvalue weighted by atomic mass is 19.1. The van der Waals surface area contributed by atoms with Crippen LogP contribution in [0.4, 0.5) is 4.39 Å². The van der Waals surface area contributed by atoms with Gasteiger partial charge in [0.05, 0.1) is 17.4 Å². The van der Waals surface area contributed by atoms with Crippen molar-refractivity contribution in [3.8, 4) is 0 Å². The Balaban J connectivity index is 2.40. The van der Waals surface area contributed by atoms with Gasteiger partial charge in [-0.05, 0) is 44.0 Å². The molecule has 0 aliphatic carbocycles. The van der Waals surface area contributed by atoms with Crippen LogP contribution in [-0.4, -0.2) is 9.78 Å². The van der Waals surface area contributed by atoms with Gasteiger partial charge in [-0.25, -0.2) is 4.39 Å². The topological polar surface area (TPSA) is 43.8 Å². The maximum absolute atomic E-state index is 13.3. The highest BCUT2D eigenvalue weighted by molar-refractivity contribution is 5.32. The lowest BCUT2D eigenvalue weighted by Gasteiger charge is -2.14. The molecule has 96 valence electrons. The lowest BCUT2D eigenvalue weighted by molar-refractivity contribution is 0.594. The van der Waals surface area contributed by atoms with Crippen LogP contribution in [0.25, 0.3) is 0 Å². The van der Waals surface area contributed by atoms with E-state index in [9.17, 15) is 4.39 Å². The summed E-state index contributed by atoms with van der Waals surface area (Å²) in [6.45, 7) is 6.49. The summed E-state index contributed by atoms with van der Waals surface area (Å²) in [6.07, 6.45) is 0. The average Bonchev–Trinajstić information content (AvgIpc) is 2.73. The molecule has 4 heteroatoms. The molecule has 0 saturated carbocycles. The van der Waals surface area contributed by atoms with Crippen LogP contribution in [0, 0.1) is 19.7 Å². The molecule has 0 spiro atoms. The molecule has 0 aliphatic rings. The predicted octanol–water partition coefficient (Wildman–Crippen LogP) is 2.71. The zero-order chi connectivity index (χ0) is 13.3. The molecule has 0 amide bonds. The Labute approximate surface area is 106 Å². The first-order valence-electron chi connectivity index (χ1n) is 6.09. The largest absolute Gasteiger partial charge is 0.319 e. The van der Waals surface area contributed by atoms with E-state index < -0.39 is 0 Å². The molecule has 2 N–H and O–H groups in total. The van der Waals surface area contributed by atoms with Crippen molar-refractivity contribution < 1.29 is 4.39 Å². The minimum absolute atomic E-state index is 0.203. The minimum Gasteiger partial charge on any atom is -0.319 e. The number of nitrogens with zero attached hydrogens (tertiary/aromatic N) is 2. The molecule has 0 fully saturated rings. The van der Waals surface area contributed by atoms with E-state index in [1.807, 2.05) is 24.6 Å². The zero-order valence-corrected chi connectivity index (χ0v) is 10.9. The standard InChI is InChI=1S/C14H18FN3/c1-4-18-13(8-10(3)17-18)14(16)11-5-6-12(15)9(2)7-11/h5-8,14H,4,16H2,1-3H3. The van der Waals surface area contributed by atoms with Crippen molar-refractivity contribution in [3.05, 3.63) is 52.6 Å². The van der Waals surface area contributed by atoms with Gasteiger partial charge in [-0.15, -0.1) is 0 Å². The molecular weight excluding hydrogens is 229 g/mol. The fourth-order valence-corrected chi connectivity index (χ4v) is 2.10. The second-order valence-electron chi connectivity index (χ2n) is 4.51. The maximum Gasteiger partial charge on any atom is 0.126 e. The normalized spacial score (nSPS) is 12.7. The van der Waals surface area contributed by atoms with E-state index >= 15 is 0 Å². The SMILES string of the molecule is CCn1nc(C)cc1C(N)c1ccc(F)c(C)c1. The summed E-state index contributed by atoms with van der Waals surface area (Å²) in [6, 6.07) is 6.69. The van der Waals surface area contributed by atoms with Gasteiger partial charge in [0.15, 0.2) is 0 Å². The van der Waals surface area contributed by atoms with Crippen LogP contribution in [0.5, 0.6) is 0 Å². The van der Waals surface area contributed by atoms with Crippen LogP contribution in [0.1, 0.15) is 35.5 Å². The van der Waals surface area contributed by atoms with Crippen LogP contribution < -0.4 is 5.73 Å². The van der Waals surface area contributed by atoms with Crippen LogP contribution in [0.3, 0.4) is 0 Å². The summed E-state index contributed by atoms with van der Waals surface area (Å²) in [5.74, 6) is -0.203. The van der Waals surface area contributed by atoms with Gasteiger partial charge in [-0.3, -0.25) is 4.68 Å². The summed E-state index contributed by atoms with van der Waals surface area (Å²) in [4.78, 5) is 0. The summed E-state index contributed by atoms with van der Waals surface area (Å²) in [5, 5.41) is 4.38. The van der Waals surface area contributed by atoms with Crippen molar-refractivity contribution in [1.29, 1.82) is 0 Å². The van der Waals surface area contributed by atoms with Crippen LogP contribution in [0.15, 0.2) is 24.3 Å². The smallest absolute Gasteiger partial charge is 0.126 e. The second-order valence-corrected chi connectivity index (χ2v) is 4.51. The lowest BCUT2D eigenvalue weighted by atomic mass is 10.0. The number of hydrogen-bond donors (Lipinski definition) is 1. The van der Waals surface area contributed by atoms with Gasteiger partial charge in [0, 0.05) is 6.54 Å². The Morgan fingerprint density at radius 3 is 2.67 bits per heavy atom. The fourth-order valence-electron chi connectivity index (χ4n) is 2.10. The second kappa shape index (κ2) is 4.90. The van der Waals surface area contributed by atoms with Gasteiger partial charge in [-0.1, -0.05) is 12.1 Å². The summed E-state index contributed by atoms with van der Waals surface area (Å²) in [7, 11) is 0. The molecule has 1 heterocycles. The quantitative estimate of drug-likeness (QED) is 0.906. The van der Waals surface area contributed by atoms with Gasteiger partial charge in [0.1, 0.15) is 5.82 Å². The molecule has 2 rings (SSSR count). The van der Waals surface area contributed by atoms with E-state index in [2.05, 4.69) is 5.10 Å². The van der Waals surface area contributed by atoms with Crippen molar-refractivity contribution in [2.24, 2.45) is 5.73 Å². The number of hydrogen-bond acceptors (Lipinski definition) is 2. The summed E-state index contributed by atoms with van der Waals surface area (Å²) >= 11 is 0. The summed E-state index contributed by atoms with van der Waals surface area (Å²) < 4.78 is 15.1. The monoisotopic (exact) mass is 247 g/mol. The number of halogens is 1. The Hall–Kier alpha value is -1.68. The predicted molar refractivity (Wildman–Crippen MR) is 69.8 cm³/mol. The van der Waals surface area contributed by atoms with Crippen molar-refractivity contribution in [2.45, 2.75) is 33.4 Å². The van der Waals surface area contributed by atoms with Crippen molar-refractivity contribution in [1.82, 2.24) is 9.78 Å². The van der Waals surface area contributed by atoms with Gasteiger partial charge in [-0.2, -0.15) is 5.10 Å². The molecule has 1 atom stereocenters. The van der Waals surface area contributed by atoms with E-state index in [4.69, 9.17) is 5.73 Å². The zero-order valence-electron chi connectivity index (χ0n) is 10.9. The van der Waals surface area contributed by atoms with Crippen molar-refractivity contribution in [2.75, 3.05) is 0 Å². The molecule has 0 radical (unpaired) electrons. The van der Waals surface area contributed by atoms with Crippen molar-refractivity contribution >= 4 is 0 Å². The lowest BCUT2D eigenvalue weighted by Crippen LogP contribution is -2.17. The first-order chi connectivity index (χ1) is 8.52. The molecule has 0 bridgehead atoms. The Morgan fingerprint density at radius 2 is 2.06 bits per heavy atom. The van der Waals surface area contributed by atoms with Crippen LogP contribution >= 0.6 is 0 Å². The molecule has 0 aliphatic heterocycles. The minimum atomic E-state index is -0.273. The number of aromatic nitrogens is 2.